The Balaban J connectivity index is 3.14. The zero-order chi connectivity index (χ0) is 8.69. The second-order valence-corrected chi connectivity index (χ2v) is 4.44. The Hall–Kier alpha value is -0.160. The van der Waals surface area contributed by atoms with Crippen LogP contribution in [-0.4, -0.2) is 23.8 Å². The molecule has 0 amide bonds. The average Bonchev–Trinajstić information content (AvgIpc) is 1.97. The Morgan fingerprint density at radius 3 is 2.55 bits per heavy atom. The van der Waals surface area contributed by atoms with Crippen molar-refractivity contribution < 1.29 is 15.6 Å². The van der Waals surface area contributed by atoms with Crippen molar-refractivity contribution in [3.63, 3.8) is 0 Å². The molecule has 5 heteroatoms. The third-order valence-corrected chi connectivity index (χ3v) is 3.09. The van der Waals surface area contributed by atoms with E-state index in [2.05, 4.69) is 0 Å². The molecule has 0 aromatic heterocycles. The molecule has 0 aliphatic carbocycles. The third-order valence-electron chi connectivity index (χ3n) is 0.922. The maximum Gasteiger partial charge on any atom is 0.407 e. The molecule has 0 spiro atoms. The molecule has 0 saturated heterocycles. The van der Waals surface area contributed by atoms with Gasteiger partial charge in [0.1, 0.15) is 5.71 Å². The summed E-state index contributed by atoms with van der Waals surface area (Å²) in [7, 11) is 4.64. The molecule has 0 atom stereocenters. The van der Waals surface area contributed by atoms with Gasteiger partial charge < -0.3 is 4.74 Å². The average molecular weight is 194 g/mol. The van der Waals surface area contributed by atoms with Gasteiger partial charge in [-0.2, -0.15) is 0 Å². The van der Waals surface area contributed by atoms with Gasteiger partial charge in [-0.15, -0.1) is 0 Å². The molecule has 0 fully saturated rings. The highest BCUT2D eigenvalue weighted by atomic mass is 33.1. The minimum Gasteiger partial charge on any atom is -0.442 e. The maximum atomic E-state index is 5.47. The molecule has 0 radical (unpaired) electrons. The fourth-order valence-electron chi connectivity index (χ4n) is 0.336. The number of rotatable bonds is 4. The van der Waals surface area contributed by atoms with Crippen molar-refractivity contribution >= 4 is 32.5 Å². The van der Waals surface area contributed by atoms with Crippen LogP contribution in [0.2, 0.25) is 0 Å². The van der Waals surface area contributed by atoms with E-state index in [1.54, 1.807) is 17.9 Å². The Morgan fingerprint density at radius 2 is 2.09 bits per heavy atom. The normalized spacial score (nSPS) is 9.27. The number of nitrogens with two attached hydrogens (primary N) is 2. The van der Waals surface area contributed by atoms with E-state index in [-0.39, 0.29) is 0 Å². The Morgan fingerprint density at radius 1 is 1.45 bits per heavy atom. The molecule has 0 aromatic rings. The molecule has 0 bridgehead atoms. The summed E-state index contributed by atoms with van der Waals surface area (Å²) in [5.41, 5.74) is 0.953. The van der Waals surface area contributed by atoms with Gasteiger partial charge in [-0.05, 0) is 0 Å². The molecule has 0 heterocycles. The van der Waals surface area contributed by atoms with E-state index < -0.39 is 0 Å². The molecule has 0 saturated carbocycles. The molecule has 0 rings (SSSR count). The first-order valence-electron chi connectivity index (χ1n) is 3.20. The lowest BCUT2D eigenvalue weighted by Gasteiger charge is -1.94. The fourth-order valence-corrected chi connectivity index (χ4v) is 2.06. The van der Waals surface area contributed by atoms with Crippen LogP contribution in [0.15, 0.2) is 0 Å². The minimum absolute atomic E-state index is 0.490. The molecular formula is C6H14N2OS2+2. The van der Waals surface area contributed by atoms with Crippen LogP contribution in [0.1, 0.15) is 13.3 Å². The molecule has 64 valence electrons. The van der Waals surface area contributed by atoms with Crippen LogP contribution < -0.4 is 10.8 Å². The van der Waals surface area contributed by atoms with Gasteiger partial charge in [0.2, 0.25) is 0 Å². The minimum atomic E-state index is 0.490. The molecule has 3 nitrogen and oxygen atoms in total. The third kappa shape index (κ3) is 7.74. The van der Waals surface area contributed by atoms with Crippen molar-refractivity contribution in [2.24, 2.45) is 0 Å². The molecule has 4 N–H and O–H groups in total. The monoisotopic (exact) mass is 194 g/mol. The van der Waals surface area contributed by atoms with Crippen molar-refractivity contribution in [2.45, 2.75) is 13.3 Å². The molecule has 0 unspecified atom stereocenters. The second-order valence-electron chi connectivity index (χ2n) is 2.02. The summed E-state index contributed by atoms with van der Waals surface area (Å²) in [6, 6.07) is 0. The fraction of sp³-hybridized carbons (Fsp3) is 0.667. The second kappa shape index (κ2) is 6.54. The van der Waals surface area contributed by atoms with E-state index in [0.29, 0.717) is 5.23 Å². The first kappa shape index (κ1) is 10.8. The van der Waals surface area contributed by atoms with Crippen LogP contribution >= 0.6 is 21.6 Å². The number of hydrogen-bond acceptors (Lipinski definition) is 3. The SMILES string of the molecule is COC(=[NH2+])SSCCC(C)=[NH2+]. The standard InChI is InChI=1S/C6H12N2OS2/c1-5(7)3-4-10-11-6(8)9-2/h7-8H,3-4H2,1-2H3/p+2. The molecular weight excluding hydrogens is 180 g/mol. The van der Waals surface area contributed by atoms with Crippen LogP contribution in [0, 0.1) is 0 Å². The quantitative estimate of drug-likeness (QED) is 0.254. The van der Waals surface area contributed by atoms with Gasteiger partial charge in [0.15, 0.2) is 0 Å². The summed E-state index contributed by atoms with van der Waals surface area (Å²) < 4.78 is 4.76. The van der Waals surface area contributed by atoms with E-state index in [9.17, 15) is 0 Å². The molecule has 11 heavy (non-hydrogen) atoms. The lowest BCUT2D eigenvalue weighted by atomic mass is 10.3. The molecule has 0 aliphatic heterocycles. The molecule has 0 aromatic carbocycles. The van der Waals surface area contributed by atoms with E-state index in [1.807, 2.05) is 6.92 Å². The van der Waals surface area contributed by atoms with Crippen LogP contribution in [0.5, 0.6) is 0 Å². The van der Waals surface area contributed by atoms with E-state index >= 15 is 0 Å². The lowest BCUT2D eigenvalue weighted by molar-refractivity contribution is -0.130. The maximum absolute atomic E-state index is 5.47. The lowest BCUT2D eigenvalue weighted by Crippen LogP contribution is -2.38. The predicted octanol–water partition coefficient (Wildman–Crippen LogP) is -1.26. The Labute approximate surface area is 74.7 Å². The van der Waals surface area contributed by atoms with Crippen LogP contribution in [0.3, 0.4) is 0 Å². The summed E-state index contributed by atoms with van der Waals surface area (Å²) in [4.78, 5) is 0. The van der Waals surface area contributed by atoms with Crippen molar-refractivity contribution in [3.05, 3.63) is 0 Å². The highest BCUT2D eigenvalue weighted by molar-refractivity contribution is 8.82. The number of methoxy groups -OCH3 is 1. The smallest absolute Gasteiger partial charge is 0.407 e. The highest BCUT2D eigenvalue weighted by Gasteiger charge is 2.03. The zero-order valence-corrected chi connectivity index (χ0v) is 8.43. The van der Waals surface area contributed by atoms with E-state index in [4.69, 9.17) is 15.6 Å². The predicted molar refractivity (Wildman–Crippen MR) is 51.2 cm³/mol. The van der Waals surface area contributed by atoms with Gasteiger partial charge in [-0.1, -0.05) is 10.8 Å². The van der Waals surface area contributed by atoms with Gasteiger partial charge >= 0.3 is 5.23 Å². The molecule has 0 aliphatic rings. The van der Waals surface area contributed by atoms with Crippen molar-refractivity contribution in [2.75, 3.05) is 12.9 Å². The van der Waals surface area contributed by atoms with Crippen molar-refractivity contribution in [3.8, 4) is 0 Å². The number of hydrogen-bond donors (Lipinski definition) is 2. The largest absolute Gasteiger partial charge is 0.442 e. The zero-order valence-electron chi connectivity index (χ0n) is 6.79. The van der Waals surface area contributed by atoms with E-state index in [1.165, 1.54) is 10.8 Å². The van der Waals surface area contributed by atoms with Gasteiger partial charge in [-0.25, -0.2) is 5.41 Å². The van der Waals surface area contributed by atoms with Crippen molar-refractivity contribution in [1.82, 2.24) is 0 Å². The van der Waals surface area contributed by atoms with Gasteiger partial charge in [-0.3, -0.25) is 5.41 Å². The summed E-state index contributed by atoms with van der Waals surface area (Å²) in [6.45, 7) is 1.91. The Kier molecular flexibility index (Phi) is 6.45. The Bertz CT molecular complexity index is 150. The van der Waals surface area contributed by atoms with Crippen molar-refractivity contribution in [1.29, 1.82) is 0 Å². The highest BCUT2D eigenvalue weighted by Crippen LogP contribution is 2.21. The first-order valence-corrected chi connectivity index (χ1v) is 5.52. The first-order chi connectivity index (χ1) is 5.16. The summed E-state index contributed by atoms with van der Waals surface area (Å²) in [6.07, 6.45) is 0.925. The number of ether oxygens (including phenoxy) is 1. The van der Waals surface area contributed by atoms with Gasteiger partial charge in [0.25, 0.3) is 0 Å². The summed E-state index contributed by atoms with van der Waals surface area (Å²) in [5.74, 6) is 0.969. The van der Waals surface area contributed by atoms with Crippen LogP contribution in [0.25, 0.3) is 0 Å². The topological polar surface area (TPSA) is 60.4 Å². The van der Waals surface area contributed by atoms with Crippen LogP contribution in [-0.2, 0) is 4.74 Å². The summed E-state index contributed by atoms with van der Waals surface area (Å²) >= 11 is 0. The van der Waals surface area contributed by atoms with Gasteiger partial charge in [0, 0.05) is 19.1 Å². The summed E-state index contributed by atoms with van der Waals surface area (Å²) in [5, 5.41) is 11.3. The van der Waals surface area contributed by atoms with Gasteiger partial charge in [0.05, 0.1) is 17.9 Å². The van der Waals surface area contributed by atoms with E-state index in [0.717, 1.165) is 17.9 Å². The van der Waals surface area contributed by atoms with Crippen LogP contribution in [0.4, 0.5) is 0 Å².